The van der Waals surface area contributed by atoms with Crippen molar-refractivity contribution in [1.29, 1.82) is 0 Å². The van der Waals surface area contributed by atoms with Gasteiger partial charge in [0.15, 0.2) is 0 Å². The van der Waals surface area contributed by atoms with Crippen LogP contribution in [0.25, 0.3) is 0 Å². The number of halogens is 3. The molecule has 5 heteroatoms. The Morgan fingerprint density at radius 3 is 2.63 bits per heavy atom. The molecule has 2 nitrogen and oxygen atoms in total. The smallest absolute Gasteiger partial charge is 0.312 e. The molecular weight excluding hydrogens is 253 g/mol. The van der Waals surface area contributed by atoms with Gasteiger partial charge < -0.3 is 5.32 Å². The van der Waals surface area contributed by atoms with Crippen LogP contribution in [-0.2, 0) is 6.54 Å². The standard InChI is InChI=1S/C14H19F3N2/c15-14(16,17)7-8-18-13-6-9-19(11-13)10-12-4-2-1-3-5-12/h1-5,13,18H,6-11H2/t13-/m0/s1. The van der Waals surface area contributed by atoms with Gasteiger partial charge >= 0.3 is 6.18 Å². The summed E-state index contributed by atoms with van der Waals surface area (Å²) in [4.78, 5) is 2.28. The van der Waals surface area contributed by atoms with Gasteiger partial charge in [0, 0.05) is 32.2 Å². The topological polar surface area (TPSA) is 15.3 Å². The van der Waals surface area contributed by atoms with Gasteiger partial charge in [-0.3, -0.25) is 4.90 Å². The number of benzene rings is 1. The zero-order valence-corrected chi connectivity index (χ0v) is 10.8. The number of hydrogen-bond donors (Lipinski definition) is 1. The highest BCUT2D eigenvalue weighted by molar-refractivity contribution is 5.14. The molecule has 0 spiro atoms. The van der Waals surface area contributed by atoms with Crippen molar-refractivity contribution in [3.63, 3.8) is 0 Å². The molecule has 1 N–H and O–H groups in total. The van der Waals surface area contributed by atoms with Gasteiger partial charge in [-0.25, -0.2) is 0 Å². The van der Waals surface area contributed by atoms with E-state index in [0.717, 1.165) is 26.1 Å². The van der Waals surface area contributed by atoms with Crippen LogP contribution in [0, 0.1) is 0 Å². The van der Waals surface area contributed by atoms with Crippen LogP contribution in [0.15, 0.2) is 30.3 Å². The van der Waals surface area contributed by atoms with Crippen molar-refractivity contribution in [3.8, 4) is 0 Å². The maximum Gasteiger partial charge on any atom is 0.390 e. The third kappa shape index (κ3) is 5.20. The van der Waals surface area contributed by atoms with Gasteiger partial charge in [0.2, 0.25) is 0 Å². The van der Waals surface area contributed by atoms with Crippen molar-refractivity contribution in [3.05, 3.63) is 35.9 Å². The van der Waals surface area contributed by atoms with E-state index in [4.69, 9.17) is 0 Å². The number of nitrogens with one attached hydrogen (secondary N) is 1. The Bertz CT molecular complexity index is 378. The van der Waals surface area contributed by atoms with E-state index in [2.05, 4.69) is 22.3 Å². The highest BCUT2D eigenvalue weighted by Crippen LogP contribution is 2.19. The van der Waals surface area contributed by atoms with Crippen molar-refractivity contribution < 1.29 is 13.2 Å². The zero-order chi connectivity index (χ0) is 13.7. The highest BCUT2D eigenvalue weighted by Gasteiger charge is 2.28. The van der Waals surface area contributed by atoms with E-state index in [-0.39, 0.29) is 12.6 Å². The Hall–Kier alpha value is -1.07. The van der Waals surface area contributed by atoms with Crippen LogP contribution in [0.2, 0.25) is 0 Å². The van der Waals surface area contributed by atoms with Crippen LogP contribution in [0.1, 0.15) is 18.4 Å². The first kappa shape index (κ1) is 14.3. The maximum absolute atomic E-state index is 12.0. The number of nitrogens with zero attached hydrogens (tertiary/aromatic N) is 1. The molecule has 19 heavy (non-hydrogen) atoms. The molecule has 1 aliphatic rings. The first-order valence-corrected chi connectivity index (χ1v) is 6.59. The van der Waals surface area contributed by atoms with Gasteiger partial charge in [-0.05, 0) is 12.0 Å². The Morgan fingerprint density at radius 1 is 1.21 bits per heavy atom. The molecule has 2 rings (SSSR count). The van der Waals surface area contributed by atoms with Gasteiger partial charge in [0.25, 0.3) is 0 Å². The molecule has 106 valence electrons. The molecule has 0 bridgehead atoms. The van der Waals surface area contributed by atoms with Gasteiger partial charge in [-0.15, -0.1) is 0 Å². The van der Waals surface area contributed by atoms with E-state index in [1.807, 2.05) is 18.2 Å². The Morgan fingerprint density at radius 2 is 1.95 bits per heavy atom. The van der Waals surface area contributed by atoms with E-state index >= 15 is 0 Å². The molecule has 1 fully saturated rings. The molecule has 1 saturated heterocycles. The maximum atomic E-state index is 12.0. The zero-order valence-electron chi connectivity index (χ0n) is 10.8. The third-order valence-corrected chi connectivity index (χ3v) is 3.36. The lowest BCUT2D eigenvalue weighted by Crippen LogP contribution is -2.34. The van der Waals surface area contributed by atoms with E-state index in [9.17, 15) is 13.2 Å². The quantitative estimate of drug-likeness (QED) is 0.886. The molecule has 1 aromatic rings. The predicted octanol–water partition coefficient (Wildman–Crippen LogP) is 2.80. The minimum absolute atomic E-state index is 0.0212. The molecule has 1 heterocycles. The summed E-state index contributed by atoms with van der Waals surface area (Å²) in [6, 6.07) is 10.3. The number of alkyl halides is 3. The number of hydrogen-bond acceptors (Lipinski definition) is 2. The summed E-state index contributed by atoms with van der Waals surface area (Å²) in [7, 11) is 0. The van der Waals surface area contributed by atoms with E-state index in [0.29, 0.717) is 0 Å². The summed E-state index contributed by atoms with van der Waals surface area (Å²) in [6.07, 6.45) is -3.89. The van der Waals surface area contributed by atoms with Gasteiger partial charge in [-0.1, -0.05) is 30.3 Å². The van der Waals surface area contributed by atoms with Gasteiger partial charge in [-0.2, -0.15) is 13.2 Å². The van der Waals surface area contributed by atoms with Crippen LogP contribution < -0.4 is 5.32 Å². The van der Waals surface area contributed by atoms with Crippen LogP contribution in [0.4, 0.5) is 13.2 Å². The molecule has 0 unspecified atom stereocenters. The summed E-state index contributed by atoms with van der Waals surface area (Å²) in [6.45, 7) is 2.66. The summed E-state index contributed by atoms with van der Waals surface area (Å²) in [5.74, 6) is 0. The Labute approximate surface area is 111 Å². The van der Waals surface area contributed by atoms with Crippen molar-refractivity contribution in [2.75, 3.05) is 19.6 Å². The summed E-state index contributed by atoms with van der Waals surface area (Å²) < 4.78 is 36.1. The average molecular weight is 272 g/mol. The molecule has 1 atom stereocenters. The van der Waals surface area contributed by atoms with Crippen molar-refractivity contribution in [1.82, 2.24) is 10.2 Å². The minimum Gasteiger partial charge on any atom is -0.312 e. The van der Waals surface area contributed by atoms with Gasteiger partial charge in [0.05, 0.1) is 6.42 Å². The van der Waals surface area contributed by atoms with Crippen LogP contribution >= 0.6 is 0 Å². The summed E-state index contributed by atoms with van der Waals surface area (Å²) in [5, 5.41) is 2.99. The average Bonchev–Trinajstić information content (AvgIpc) is 2.76. The minimum atomic E-state index is -4.06. The fourth-order valence-electron chi connectivity index (χ4n) is 2.40. The lowest BCUT2D eigenvalue weighted by Gasteiger charge is -2.17. The molecule has 0 aromatic heterocycles. The molecule has 0 saturated carbocycles. The fraction of sp³-hybridized carbons (Fsp3) is 0.571. The molecule has 0 aliphatic carbocycles. The van der Waals surface area contributed by atoms with Crippen molar-refractivity contribution in [2.24, 2.45) is 0 Å². The van der Waals surface area contributed by atoms with Crippen LogP contribution in [0.5, 0.6) is 0 Å². The van der Waals surface area contributed by atoms with Crippen molar-refractivity contribution >= 4 is 0 Å². The van der Waals surface area contributed by atoms with Crippen LogP contribution in [0.3, 0.4) is 0 Å². The second-order valence-corrected chi connectivity index (χ2v) is 5.03. The fourth-order valence-corrected chi connectivity index (χ4v) is 2.40. The summed E-state index contributed by atoms with van der Waals surface area (Å²) >= 11 is 0. The van der Waals surface area contributed by atoms with E-state index in [1.165, 1.54) is 5.56 Å². The largest absolute Gasteiger partial charge is 0.390 e. The SMILES string of the molecule is FC(F)(F)CCN[C@H]1CCN(Cc2ccccc2)C1. The Kier molecular flexibility index (Phi) is 4.82. The highest BCUT2D eigenvalue weighted by atomic mass is 19.4. The molecule has 0 radical (unpaired) electrons. The normalized spacial score (nSPS) is 20.9. The second kappa shape index (κ2) is 6.39. The van der Waals surface area contributed by atoms with E-state index < -0.39 is 12.6 Å². The Balaban J connectivity index is 1.69. The molecular formula is C14H19F3N2. The lowest BCUT2D eigenvalue weighted by atomic mass is 10.2. The second-order valence-electron chi connectivity index (χ2n) is 5.03. The molecule has 1 aliphatic heterocycles. The van der Waals surface area contributed by atoms with Crippen LogP contribution in [-0.4, -0.2) is 36.8 Å². The van der Waals surface area contributed by atoms with Crippen molar-refractivity contribution in [2.45, 2.75) is 31.6 Å². The predicted molar refractivity (Wildman–Crippen MR) is 68.8 cm³/mol. The van der Waals surface area contributed by atoms with E-state index in [1.54, 1.807) is 0 Å². The molecule has 0 amide bonds. The first-order valence-electron chi connectivity index (χ1n) is 6.59. The lowest BCUT2D eigenvalue weighted by molar-refractivity contribution is -0.133. The number of rotatable bonds is 5. The number of likely N-dealkylation sites (tertiary alicyclic amines) is 1. The third-order valence-electron chi connectivity index (χ3n) is 3.36. The summed E-state index contributed by atoms with van der Waals surface area (Å²) in [5.41, 5.74) is 1.25. The monoisotopic (exact) mass is 272 g/mol. The van der Waals surface area contributed by atoms with Gasteiger partial charge in [0.1, 0.15) is 0 Å². The first-order chi connectivity index (χ1) is 9.03. The molecule has 1 aromatic carbocycles.